The van der Waals surface area contributed by atoms with Crippen LogP contribution in [0.15, 0.2) is 25.3 Å². The highest BCUT2D eigenvalue weighted by Crippen LogP contribution is 2.45. The molecular formula is C28H46O4. The molecular weight excluding hydrogens is 400 g/mol. The highest BCUT2D eigenvalue weighted by molar-refractivity contribution is 5.74. The van der Waals surface area contributed by atoms with Gasteiger partial charge in [0.25, 0.3) is 0 Å². The average molecular weight is 447 g/mol. The Morgan fingerprint density at radius 1 is 0.750 bits per heavy atom. The van der Waals surface area contributed by atoms with E-state index in [1.165, 1.54) is 38.5 Å². The molecule has 2 aliphatic carbocycles. The van der Waals surface area contributed by atoms with E-state index in [1.54, 1.807) is 0 Å². The molecule has 0 aromatic rings. The molecule has 0 radical (unpaired) electrons. The topological polar surface area (TPSA) is 52.6 Å². The Morgan fingerprint density at radius 2 is 1.09 bits per heavy atom. The first-order valence-corrected chi connectivity index (χ1v) is 13.1. The van der Waals surface area contributed by atoms with Crippen molar-refractivity contribution in [1.29, 1.82) is 0 Å². The molecule has 2 aliphatic rings. The van der Waals surface area contributed by atoms with E-state index in [4.69, 9.17) is 9.78 Å². The summed E-state index contributed by atoms with van der Waals surface area (Å²) >= 11 is 0. The lowest BCUT2D eigenvalue weighted by Crippen LogP contribution is -2.31. The Labute approximate surface area is 196 Å². The quantitative estimate of drug-likeness (QED) is 0.174. The van der Waals surface area contributed by atoms with Crippen LogP contribution >= 0.6 is 0 Å². The van der Waals surface area contributed by atoms with Crippen molar-refractivity contribution in [3.63, 3.8) is 0 Å². The highest BCUT2D eigenvalue weighted by atomic mass is 17.2. The van der Waals surface area contributed by atoms with Crippen molar-refractivity contribution in [2.75, 3.05) is 0 Å². The number of hydrogen-bond donors (Lipinski definition) is 0. The van der Waals surface area contributed by atoms with Gasteiger partial charge in [-0.3, -0.25) is 0 Å². The molecule has 0 amide bonds. The van der Waals surface area contributed by atoms with E-state index in [9.17, 15) is 9.59 Å². The standard InChI is InChI=1S/C28H46O4/c1-5-9-11-23-13-17-27(7-3,18-14-23)21-25(29)31-32-26(30)22-28(8-4)19-15-24(16-20-28)12-10-6-2/h7-8,23-24H,3-6,9-22H2,1-2H3. The van der Waals surface area contributed by atoms with Gasteiger partial charge in [0.2, 0.25) is 0 Å². The minimum atomic E-state index is -0.471. The number of allylic oxidation sites excluding steroid dienone is 2. The third kappa shape index (κ3) is 8.08. The Morgan fingerprint density at radius 3 is 1.38 bits per heavy atom. The van der Waals surface area contributed by atoms with Gasteiger partial charge in [0.05, 0.1) is 12.8 Å². The average Bonchev–Trinajstić information content (AvgIpc) is 2.82. The lowest BCUT2D eigenvalue weighted by molar-refractivity contribution is -0.261. The molecule has 182 valence electrons. The van der Waals surface area contributed by atoms with Crippen molar-refractivity contribution in [3.8, 4) is 0 Å². The van der Waals surface area contributed by atoms with Gasteiger partial charge < -0.3 is 0 Å². The smallest absolute Gasteiger partial charge is 0.247 e. The van der Waals surface area contributed by atoms with Crippen LogP contribution in [0.25, 0.3) is 0 Å². The van der Waals surface area contributed by atoms with Gasteiger partial charge in [-0.15, -0.1) is 13.2 Å². The molecule has 0 heterocycles. The fourth-order valence-corrected chi connectivity index (χ4v) is 5.70. The van der Waals surface area contributed by atoms with Crippen molar-refractivity contribution in [1.82, 2.24) is 0 Å². The zero-order valence-corrected chi connectivity index (χ0v) is 20.7. The second-order valence-corrected chi connectivity index (χ2v) is 10.6. The molecule has 4 nitrogen and oxygen atoms in total. The van der Waals surface area contributed by atoms with E-state index in [1.807, 2.05) is 12.2 Å². The third-order valence-electron chi connectivity index (χ3n) is 8.22. The molecule has 2 rings (SSSR count). The second kappa shape index (κ2) is 13.2. The predicted octanol–water partition coefficient (Wildman–Crippen LogP) is 7.87. The van der Waals surface area contributed by atoms with Gasteiger partial charge in [0.1, 0.15) is 0 Å². The van der Waals surface area contributed by atoms with Gasteiger partial charge in [-0.05, 0) is 74.0 Å². The summed E-state index contributed by atoms with van der Waals surface area (Å²) in [7, 11) is 0. The maximum Gasteiger partial charge on any atom is 0.356 e. The minimum Gasteiger partial charge on any atom is -0.247 e. The summed E-state index contributed by atoms with van der Waals surface area (Å²) in [6.07, 6.45) is 20.1. The summed E-state index contributed by atoms with van der Waals surface area (Å²) in [5.74, 6) is 0.565. The summed E-state index contributed by atoms with van der Waals surface area (Å²) in [6, 6.07) is 0. The largest absolute Gasteiger partial charge is 0.356 e. The lowest BCUT2D eigenvalue weighted by atomic mass is 9.68. The first-order chi connectivity index (χ1) is 15.4. The molecule has 0 aliphatic heterocycles. The molecule has 0 unspecified atom stereocenters. The minimum absolute atomic E-state index is 0.231. The fourth-order valence-electron chi connectivity index (χ4n) is 5.70. The summed E-state index contributed by atoms with van der Waals surface area (Å²) in [4.78, 5) is 34.8. The van der Waals surface area contributed by atoms with Crippen LogP contribution in [0.4, 0.5) is 0 Å². The molecule has 32 heavy (non-hydrogen) atoms. The molecule has 0 N–H and O–H groups in total. The molecule has 0 aromatic carbocycles. The van der Waals surface area contributed by atoms with Crippen LogP contribution in [-0.4, -0.2) is 11.9 Å². The van der Waals surface area contributed by atoms with E-state index in [0.717, 1.165) is 63.2 Å². The van der Waals surface area contributed by atoms with E-state index in [-0.39, 0.29) is 23.7 Å². The molecule has 0 bridgehead atoms. The summed E-state index contributed by atoms with van der Waals surface area (Å²) in [5, 5.41) is 0. The van der Waals surface area contributed by atoms with Gasteiger partial charge in [-0.25, -0.2) is 19.4 Å². The Balaban J connectivity index is 1.75. The molecule has 0 atom stereocenters. The zero-order valence-electron chi connectivity index (χ0n) is 20.7. The van der Waals surface area contributed by atoms with Crippen LogP contribution in [0.3, 0.4) is 0 Å². The zero-order chi connectivity index (χ0) is 23.5. The molecule has 2 fully saturated rings. The third-order valence-corrected chi connectivity index (χ3v) is 8.22. The molecule has 2 saturated carbocycles. The van der Waals surface area contributed by atoms with Crippen LogP contribution < -0.4 is 0 Å². The Hall–Kier alpha value is -1.58. The van der Waals surface area contributed by atoms with Crippen LogP contribution in [0.1, 0.15) is 117 Å². The van der Waals surface area contributed by atoms with Crippen molar-refractivity contribution in [2.24, 2.45) is 22.7 Å². The van der Waals surface area contributed by atoms with Gasteiger partial charge >= 0.3 is 11.9 Å². The maximum atomic E-state index is 12.5. The first kappa shape index (κ1) is 26.7. The van der Waals surface area contributed by atoms with Crippen molar-refractivity contribution >= 4 is 11.9 Å². The van der Waals surface area contributed by atoms with Crippen molar-refractivity contribution < 1.29 is 19.4 Å². The summed E-state index contributed by atoms with van der Waals surface area (Å²) < 4.78 is 0. The van der Waals surface area contributed by atoms with Crippen LogP contribution in [0, 0.1) is 22.7 Å². The number of carbonyl (C=O) groups is 2. The highest BCUT2D eigenvalue weighted by Gasteiger charge is 2.37. The monoisotopic (exact) mass is 446 g/mol. The van der Waals surface area contributed by atoms with Gasteiger partial charge in [-0.2, -0.15) is 0 Å². The van der Waals surface area contributed by atoms with Crippen LogP contribution in [0.2, 0.25) is 0 Å². The van der Waals surface area contributed by atoms with Crippen LogP contribution in [0.5, 0.6) is 0 Å². The fraction of sp³-hybridized carbons (Fsp3) is 0.786. The molecule has 4 heteroatoms. The SMILES string of the molecule is C=CC1(CC(=O)OOC(=O)CC2(C=C)CCC(CCCC)CC2)CCC(CCCC)CC1. The Kier molecular flexibility index (Phi) is 11.0. The Bertz CT molecular complexity index is 553. The first-order valence-electron chi connectivity index (χ1n) is 13.1. The van der Waals surface area contributed by atoms with Crippen LogP contribution in [-0.2, 0) is 19.4 Å². The molecule has 0 aromatic heterocycles. The number of hydrogen-bond acceptors (Lipinski definition) is 4. The van der Waals surface area contributed by atoms with Gasteiger partial charge in [0, 0.05) is 0 Å². The second-order valence-electron chi connectivity index (χ2n) is 10.6. The number of rotatable bonds is 12. The number of unbranched alkanes of at least 4 members (excludes halogenated alkanes) is 2. The van der Waals surface area contributed by atoms with Crippen molar-refractivity contribution in [3.05, 3.63) is 25.3 Å². The van der Waals surface area contributed by atoms with E-state index >= 15 is 0 Å². The van der Waals surface area contributed by atoms with E-state index < -0.39 is 11.9 Å². The summed E-state index contributed by atoms with van der Waals surface area (Å²) in [6.45, 7) is 12.4. The number of carbonyl (C=O) groups excluding carboxylic acids is 2. The lowest BCUT2D eigenvalue weighted by Gasteiger charge is -2.37. The van der Waals surface area contributed by atoms with Crippen molar-refractivity contribution in [2.45, 2.75) is 117 Å². The predicted molar refractivity (Wildman–Crippen MR) is 130 cm³/mol. The maximum absolute atomic E-state index is 12.5. The normalized spacial score (nSPS) is 30.3. The molecule has 0 spiro atoms. The van der Waals surface area contributed by atoms with Gasteiger partial charge in [-0.1, -0.05) is 64.5 Å². The molecule has 0 saturated heterocycles. The van der Waals surface area contributed by atoms with E-state index in [2.05, 4.69) is 27.0 Å². The van der Waals surface area contributed by atoms with Gasteiger partial charge in [0.15, 0.2) is 0 Å². The summed E-state index contributed by atoms with van der Waals surface area (Å²) in [5.41, 5.74) is -0.461. The van der Waals surface area contributed by atoms with E-state index in [0.29, 0.717) is 0 Å².